The molecule has 0 bridgehead atoms. The molecule has 0 aliphatic heterocycles. The number of hydrogen-bond donors (Lipinski definition) is 0. The van der Waals surface area contributed by atoms with Gasteiger partial charge in [-0.1, -0.05) is 106 Å². The molecule has 34 heavy (non-hydrogen) atoms. The summed E-state index contributed by atoms with van der Waals surface area (Å²) in [5, 5.41) is 2.73. The van der Waals surface area contributed by atoms with Gasteiger partial charge in [0.25, 0.3) is 8.32 Å². The SMILES string of the molecule is COc1ccc(C#CCCCCCCO[Si](c2ccccc2)(c2ccccc2)C(C)(C)C)cc1. The van der Waals surface area contributed by atoms with E-state index in [4.69, 9.17) is 9.16 Å². The van der Waals surface area contributed by atoms with Gasteiger partial charge in [0.1, 0.15) is 5.75 Å². The maximum Gasteiger partial charge on any atom is 0.261 e. The summed E-state index contributed by atoms with van der Waals surface area (Å²) in [5.41, 5.74) is 1.04. The summed E-state index contributed by atoms with van der Waals surface area (Å²) in [6, 6.07) is 29.7. The Labute approximate surface area is 207 Å². The number of rotatable bonds is 10. The second-order valence-electron chi connectivity index (χ2n) is 9.71. The second-order valence-corrected chi connectivity index (χ2v) is 14.0. The molecular formula is C31H38O2Si. The molecule has 0 aliphatic carbocycles. The zero-order valence-corrected chi connectivity index (χ0v) is 22.1. The molecule has 0 heterocycles. The van der Waals surface area contributed by atoms with Gasteiger partial charge in [-0.05, 0) is 52.5 Å². The van der Waals surface area contributed by atoms with Crippen LogP contribution >= 0.6 is 0 Å². The minimum Gasteiger partial charge on any atom is -0.497 e. The Morgan fingerprint density at radius 2 is 1.26 bits per heavy atom. The monoisotopic (exact) mass is 470 g/mol. The number of benzene rings is 3. The topological polar surface area (TPSA) is 18.5 Å². The largest absolute Gasteiger partial charge is 0.497 e. The highest BCUT2D eigenvalue weighted by atomic mass is 28.4. The minimum absolute atomic E-state index is 0.0345. The molecule has 3 aromatic carbocycles. The molecule has 0 amide bonds. The molecule has 0 aliphatic rings. The molecule has 0 fully saturated rings. The number of methoxy groups -OCH3 is 1. The zero-order valence-electron chi connectivity index (χ0n) is 21.1. The van der Waals surface area contributed by atoms with Crippen molar-refractivity contribution in [3.8, 4) is 17.6 Å². The van der Waals surface area contributed by atoms with Crippen LogP contribution in [0.2, 0.25) is 5.04 Å². The molecule has 0 saturated carbocycles. The summed E-state index contributed by atoms with van der Waals surface area (Å²) in [7, 11) is -0.725. The lowest BCUT2D eigenvalue weighted by atomic mass is 10.1. The molecule has 178 valence electrons. The Bertz CT molecular complexity index is 1000. The van der Waals surface area contributed by atoms with E-state index in [0.29, 0.717) is 0 Å². The van der Waals surface area contributed by atoms with Crippen molar-refractivity contribution in [2.24, 2.45) is 0 Å². The van der Waals surface area contributed by atoms with Crippen molar-refractivity contribution in [3.63, 3.8) is 0 Å². The van der Waals surface area contributed by atoms with E-state index < -0.39 is 8.32 Å². The average molecular weight is 471 g/mol. The van der Waals surface area contributed by atoms with Crippen LogP contribution in [0.25, 0.3) is 0 Å². The Balaban J connectivity index is 1.54. The van der Waals surface area contributed by atoms with Gasteiger partial charge in [-0.3, -0.25) is 0 Å². The van der Waals surface area contributed by atoms with Crippen molar-refractivity contribution >= 4 is 18.7 Å². The van der Waals surface area contributed by atoms with Gasteiger partial charge in [-0.25, -0.2) is 0 Å². The van der Waals surface area contributed by atoms with Gasteiger partial charge in [0.15, 0.2) is 0 Å². The van der Waals surface area contributed by atoms with E-state index in [9.17, 15) is 0 Å². The van der Waals surface area contributed by atoms with Gasteiger partial charge in [-0.2, -0.15) is 0 Å². The molecule has 2 nitrogen and oxygen atoms in total. The van der Waals surface area contributed by atoms with Crippen LogP contribution in [0.4, 0.5) is 0 Å². The summed E-state index contributed by atoms with van der Waals surface area (Å²) in [6.45, 7) is 7.80. The highest BCUT2D eigenvalue weighted by molar-refractivity contribution is 6.99. The summed E-state index contributed by atoms with van der Waals surface area (Å²) >= 11 is 0. The van der Waals surface area contributed by atoms with E-state index in [1.807, 2.05) is 24.3 Å². The van der Waals surface area contributed by atoms with Gasteiger partial charge in [0.05, 0.1) is 7.11 Å². The van der Waals surface area contributed by atoms with Crippen LogP contribution in [0, 0.1) is 11.8 Å². The zero-order chi connectivity index (χ0) is 24.3. The normalized spacial score (nSPS) is 11.5. The maximum atomic E-state index is 6.97. The number of hydrogen-bond acceptors (Lipinski definition) is 2. The van der Waals surface area contributed by atoms with Crippen LogP contribution in [0.5, 0.6) is 5.75 Å². The molecule has 0 aromatic heterocycles. The third kappa shape index (κ3) is 6.62. The third-order valence-corrected chi connectivity index (χ3v) is 11.3. The van der Waals surface area contributed by atoms with E-state index in [1.165, 1.54) is 23.2 Å². The average Bonchev–Trinajstić information content (AvgIpc) is 2.86. The molecule has 0 N–H and O–H groups in total. The predicted octanol–water partition coefficient (Wildman–Crippen LogP) is 6.57. The lowest BCUT2D eigenvalue weighted by Crippen LogP contribution is -2.66. The highest BCUT2D eigenvalue weighted by Crippen LogP contribution is 2.36. The summed E-state index contributed by atoms with van der Waals surface area (Å²) in [4.78, 5) is 0. The van der Waals surface area contributed by atoms with Crippen LogP contribution in [-0.2, 0) is 4.43 Å². The molecule has 3 heteroatoms. The standard InChI is InChI=1S/C31H38O2Si/c1-31(2,3)34(29-18-12-9-13-19-29,30-20-14-10-15-21-30)33-26-16-8-6-5-7-11-17-27-22-24-28(32-4)25-23-27/h9-10,12-15,18-25H,5-8,16,26H2,1-4H3. The molecule has 0 unspecified atom stereocenters. The van der Waals surface area contributed by atoms with Crippen molar-refractivity contribution in [2.45, 2.75) is 57.9 Å². The number of ether oxygens (including phenoxy) is 1. The number of unbranched alkanes of at least 4 members (excludes halogenated alkanes) is 4. The summed E-state index contributed by atoms with van der Waals surface area (Å²) in [5.74, 6) is 7.41. The fourth-order valence-corrected chi connectivity index (χ4v) is 9.10. The van der Waals surface area contributed by atoms with E-state index in [2.05, 4.69) is 93.3 Å². The Kier molecular flexibility index (Phi) is 9.57. The van der Waals surface area contributed by atoms with Crippen LogP contribution < -0.4 is 15.1 Å². The summed E-state index contributed by atoms with van der Waals surface area (Å²) < 4.78 is 12.2. The molecule has 3 aromatic rings. The van der Waals surface area contributed by atoms with Crippen molar-refractivity contribution in [2.75, 3.05) is 13.7 Å². The van der Waals surface area contributed by atoms with Gasteiger partial charge in [0.2, 0.25) is 0 Å². The van der Waals surface area contributed by atoms with E-state index in [-0.39, 0.29) is 5.04 Å². The fourth-order valence-electron chi connectivity index (χ4n) is 4.49. The first-order valence-electron chi connectivity index (χ1n) is 12.4. The van der Waals surface area contributed by atoms with Crippen LogP contribution in [0.15, 0.2) is 84.9 Å². The summed E-state index contributed by atoms with van der Waals surface area (Å²) in [6.07, 6.45) is 5.49. The molecule has 3 rings (SSSR count). The van der Waals surface area contributed by atoms with Crippen molar-refractivity contribution < 1.29 is 9.16 Å². The smallest absolute Gasteiger partial charge is 0.261 e. The van der Waals surface area contributed by atoms with Gasteiger partial charge in [-0.15, -0.1) is 0 Å². The lowest BCUT2D eigenvalue weighted by molar-refractivity contribution is 0.286. The minimum atomic E-state index is -2.41. The fraction of sp³-hybridized carbons (Fsp3) is 0.355. The highest BCUT2D eigenvalue weighted by Gasteiger charge is 2.49. The quantitative estimate of drug-likeness (QED) is 0.189. The first-order chi connectivity index (χ1) is 16.5. The molecule has 0 saturated heterocycles. The third-order valence-electron chi connectivity index (χ3n) is 6.25. The first-order valence-corrected chi connectivity index (χ1v) is 14.3. The van der Waals surface area contributed by atoms with Crippen molar-refractivity contribution in [1.29, 1.82) is 0 Å². The Morgan fingerprint density at radius 3 is 1.79 bits per heavy atom. The van der Waals surface area contributed by atoms with Crippen LogP contribution in [-0.4, -0.2) is 22.0 Å². The predicted molar refractivity (Wildman–Crippen MR) is 147 cm³/mol. The lowest BCUT2D eigenvalue weighted by Gasteiger charge is -2.43. The van der Waals surface area contributed by atoms with Crippen LogP contribution in [0.3, 0.4) is 0 Å². The molecule has 0 radical (unpaired) electrons. The van der Waals surface area contributed by atoms with Crippen molar-refractivity contribution in [3.05, 3.63) is 90.5 Å². The van der Waals surface area contributed by atoms with E-state index in [1.54, 1.807) is 7.11 Å². The second kappa shape index (κ2) is 12.6. The molecule has 0 spiro atoms. The molecule has 0 atom stereocenters. The Morgan fingerprint density at radius 1 is 0.706 bits per heavy atom. The van der Waals surface area contributed by atoms with Gasteiger partial charge < -0.3 is 9.16 Å². The van der Waals surface area contributed by atoms with Gasteiger partial charge >= 0.3 is 0 Å². The molecular weight excluding hydrogens is 432 g/mol. The van der Waals surface area contributed by atoms with Crippen LogP contribution in [0.1, 0.15) is 58.4 Å². The maximum absolute atomic E-state index is 6.97. The van der Waals surface area contributed by atoms with Gasteiger partial charge in [0, 0.05) is 18.6 Å². The Hall–Kier alpha value is -2.80. The first kappa shape index (κ1) is 25.8. The van der Waals surface area contributed by atoms with Crippen molar-refractivity contribution in [1.82, 2.24) is 0 Å². The van der Waals surface area contributed by atoms with E-state index in [0.717, 1.165) is 37.2 Å². The van der Waals surface area contributed by atoms with E-state index >= 15 is 0 Å².